The average molecular weight is 463 g/mol. The summed E-state index contributed by atoms with van der Waals surface area (Å²) in [7, 11) is -0.539. The minimum absolute atomic E-state index is 0.0251. The molecule has 0 spiro atoms. The molecule has 8 nitrogen and oxygen atoms in total. The number of amides is 1. The van der Waals surface area contributed by atoms with E-state index in [0.717, 1.165) is 18.4 Å². The van der Waals surface area contributed by atoms with Crippen LogP contribution in [-0.4, -0.2) is 52.6 Å². The molecule has 3 rings (SSSR count). The minimum Gasteiger partial charge on any atom is -0.497 e. The van der Waals surface area contributed by atoms with Crippen molar-refractivity contribution >= 4 is 15.9 Å². The summed E-state index contributed by atoms with van der Waals surface area (Å²) < 4.78 is 43.6. The summed E-state index contributed by atoms with van der Waals surface area (Å²) in [5.74, 6) is 1.84. The number of nitrogens with zero attached hydrogens (tertiary/aromatic N) is 1. The molecule has 32 heavy (non-hydrogen) atoms. The molecular formula is C23H30N2O6S. The lowest BCUT2D eigenvalue weighted by Crippen LogP contribution is -2.35. The Kier molecular flexibility index (Phi) is 7.98. The number of ether oxygens (including phenoxy) is 3. The van der Waals surface area contributed by atoms with E-state index in [-0.39, 0.29) is 29.8 Å². The van der Waals surface area contributed by atoms with Gasteiger partial charge in [-0.25, -0.2) is 13.1 Å². The van der Waals surface area contributed by atoms with Crippen LogP contribution in [0.1, 0.15) is 31.7 Å². The standard InChI is InChI=1S/C23H30N2O6S/c1-4-31-19-9-11-21(12-10-19)32(27,28)24-14-13-23(26)25(18-6-7-18)16-17-5-8-20(29-2)15-22(17)30-3/h5,8-12,15,18,24H,4,6-7,13-14,16H2,1-3H3. The summed E-state index contributed by atoms with van der Waals surface area (Å²) in [4.78, 5) is 14.8. The van der Waals surface area contributed by atoms with Gasteiger partial charge < -0.3 is 19.1 Å². The number of carbonyl (C=O) groups is 1. The van der Waals surface area contributed by atoms with Gasteiger partial charge in [0.05, 0.1) is 25.7 Å². The van der Waals surface area contributed by atoms with Crippen LogP contribution >= 0.6 is 0 Å². The van der Waals surface area contributed by atoms with Gasteiger partial charge in [0.25, 0.3) is 0 Å². The summed E-state index contributed by atoms with van der Waals surface area (Å²) in [5.41, 5.74) is 0.878. The van der Waals surface area contributed by atoms with E-state index in [1.165, 1.54) is 12.1 Å². The van der Waals surface area contributed by atoms with Crippen LogP contribution in [-0.2, 0) is 21.4 Å². The number of sulfonamides is 1. The van der Waals surface area contributed by atoms with E-state index in [0.29, 0.717) is 30.4 Å². The van der Waals surface area contributed by atoms with E-state index in [1.54, 1.807) is 37.3 Å². The molecule has 2 aromatic carbocycles. The normalized spacial score (nSPS) is 13.5. The molecule has 174 valence electrons. The summed E-state index contributed by atoms with van der Waals surface area (Å²) in [5, 5.41) is 0. The fourth-order valence-electron chi connectivity index (χ4n) is 3.37. The first kappa shape index (κ1) is 23.9. The number of methoxy groups -OCH3 is 2. The first-order valence-corrected chi connectivity index (χ1v) is 12.1. The van der Waals surface area contributed by atoms with E-state index in [2.05, 4.69) is 4.72 Å². The number of benzene rings is 2. The Morgan fingerprint density at radius 1 is 1.06 bits per heavy atom. The zero-order valence-electron chi connectivity index (χ0n) is 18.7. The van der Waals surface area contributed by atoms with Gasteiger partial charge in [0, 0.05) is 37.2 Å². The average Bonchev–Trinajstić information content (AvgIpc) is 3.63. The van der Waals surface area contributed by atoms with Gasteiger partial charge in [0.1, 0.15) is 17.2 Å². The highest BCUT2D eigenvalue weighted by Crippen LogP contribution is 2.32. The van der Waals surface area contributed by atoms with Gasteiger partial charge in [-0.2, -0.15) is 0 Å². The van der Waals surface area contributed by atoms with E-state index in [4.69, 9.17) is 14.2 Å². The van der Waals surface area contributed by atoms with Crippen LogP contribution in [0, 0.1) is 0 Å². The second-order valence-corrected chi connectivity index (χ2v) is 9.25. The third kappa shape index (κ3) is 6.14. The van der Waals surface area contributed by atoms with Crippen molar-refractivity contribution in [2.24, 2.45) is 0 Å². The first-order chi connectivity index (χ1) is 15.4. The highest BCUT2D eigenvalue weighted by Gasteiger charge is 2.33. The Labute approximate surface area is 189 Å². The van der Waals surface area contributed by atoms with Gasteiger partial charge in [-0.15, -0.1) is 0 Å². The molecule has 0 aromatic heterocycles. The van der Waals surface area contributed by atoms with Gasteiger partial charge in [-0.1, -0.05) is 0 Å². The Morgan fingerprint density at radius 2 is 1.75 bits per heavy atom. The molecule has 0 radical (unpaired) electrons. The Balaban J connectivity index is 1.60. The number of hydrogen-bond donors (Lipinski definition) is 1. The molecule has 2 aromatic rings. The molecule has 1 N–H and O–H groups in total. The summed E-state index contributed by atoms with van der Waals surface area (Å²) in [6, 6.07) is 11.9. The van der Waals surface area contributed by atoms with Crippen molar-refractivity contribution in [3.63, 3.8) is 0 Å². The van der Waals surface area contributed by atoms with Crippen LogP contribution in [0.15, 0.2) is 47.4 Å². The second-order valence-electron chi connectivity index (χ2n) is 7.48. The maximum absolute atomic E-state index is 12.9. The fraction of sp³-hybridized carbons (Fsp3) is 0.435. The van der Waals surface area contributed by atoms with Crippen molar-refractivity contribution < 1.29 is 27.4 Å². The molecule has 0 atom stereocenters. The topological polar surface area (TPSA) is 94.2 Å². The predicted octanol–water partition coefficient (Wildman–Crippen LogP) is 2.96. The maximum atomic E-state index is 12.9. The van der Waals surface area contributed by atoms with E-state index in [9.17, 15) is 13.2 Å². The van der Waals surface area contributed by atoms with Gasteiger partial charge in [-0.3, -0.25) is 4.79 Å². The highest BCUT2D eigenvalue weighted by molar-refractivity contribution is 7.89. The molecule has 9 heteroatoms. The molecule has 1 saturated carbocycles. The van der Waals surface area contributed by atoms with Crippen LogP contribution in [0.3, 0.4) is 0 Å². The largest absolute Gasteiger partial charge is 0.497 e. The molecule has 0 aliphatic heterocycles. The van der Waals surface area contributed by atoms with Gasteiger partial charge in [0.2, 0.25) is 15.9 Å². The van der Waals surface area contributed by atoms with E-state index >= 15 is 0 Å². The lowest BCUT2D eigenvalue weighted by atomic mass is 10.1. The molecule has 1 aliphatic rings. The molecule has 1 fully saturated rings. The molecule has 0 unspecified atom stereocenters. The number of nitrogens with one attached hydrogen (secondary N) is 1. The monoisotopic (exact) mass is 462 g/mol. The van der Waals surface area contributed by atoms with Crippen LogP contribution in [0.4, 0.5) is 0 Å². The third-order valence-corrected chi connectivity index (χ3v) is 6.70. The summed E-state index contributed by atoms with van der Waals surface area (Å²) >= 11 is 0. The van der Waals surface area contributed by atoms with Crippen LogP contribution in [0.5, 0.6) is 17.2 Å². The number of carbonyl (C=O) groups excluding carboxylic acids is 1. The van der Waals surface area contributed by atoms with Crippen molar-refractivity contribution in [3.05, 3.63) is 48.0 Å². The lowest BCUT2D eigenvalue weighted by molar-refractivity contribution is -0.132. The molecule has 1 amide bonds. The third-order valence-electron chi connectivity index (χ3n) is 5.22. The Hall–Kier alpha value is -2.78. The highest BCUT2D eigenvalue weighted by atomic mass is 32.2. The van der Waals surface area contributed by atoms with Crippen LogP contribution in [0.2, 0.25) is 0 Å². The van der Waals surface area contributed by atoms with Crippen molar-refractivity contribution in [3.8, 4) is 17.2 Å². The molecule has 1 aliphatic carbocycles. The Bertz CT molecular complexity index is 1020. The van der Waals surface area contributed by atoms with Crippen molar-refractivity contribution in [1.29, 1.82) is 0 Å². The van der Waals surface area contributed by atoms with Crippen molar-refractivity contribution in [2.75, 3.05) is 27.4 Å². The molecule has 0 saturated heterocycles. The predicted molar refractivity (Wildman–Crippen MR) is 121 cm³/mol. The van der Waals surface area contributed by atoms with Crippen molar-refractivity contribution in [2.45, 2.75) is 43.7 Å². The fourth-order valence-corrected chi connectivity index (χ4v) is 4.41. The molecule has 0 heterocycles. The second kappa shape index (κ2) is 10.7. The van der Waals surface area contributed by atoms with E-state index in [1.807, 2.05) is 19.1 Å². The number of rotatable bonds is 12. The van der Waals surface area contributed by atoms with Crippen molar-refractivity contribution in [1.82, 2.24) is 9.62 Å². The van der Waals surface area contributed by atoms with Crippen LogP contribution in [0.25, 0.3) is 0 Å². The van der Waals surface area contributed by atoms with Gasteiger partial charge in [0.15, 0.2) is 0 Å². The summed E-state index contributed by atoms with van der Waals surface area (Å²) in [6.07, 6.45) is 1.97. The number of hydrogen-bond acceptors (Lipinski definition) is 6. The lowest BCUT2D eigenvalue weighted by Gasteiger charge is -2.24. The zero-order valence-corrected chi connectivity index (χ0v) is 19.5. The SMILES string of the molecule is CCOc1ccc(S(=O)(=O)NCCC(=O)N(Cc2ccc(OC)cc2OC)C2CC2)cc1. The quantitative estimate of drug-likeness (QED) is 0.521. The maximum Gasteiger partial charge on any atom is 0.240 e. The van der Waals surface area contributed by atoms with Gasteiger partial charge >= 0.3 is 0 Å². The molecular weight excluding hydrogens is 432 g/mol. The zero-order chi connectivity index (χ0) is 23.1. The Morgan fingerprint density at radius 3 is 2.34 bits per heavy atom. The minimum atomic E-state index is -3.71. The summed E-state index contributed by atoms with van der Waals surface area (Å²) in [6.45, 7) is 2.80. The van der Waals surface area contributed by atoms with Gasteiger partial charge in [-0.05, 0) is 56.2 Å². The first-order valence-electron chi connectivity index (χ1n) is 10.6. The smallest absolute Gasteiger partial charge is 0.240 e. The molecule has 0 bridgehead atoms. The van der Waals surface area contributed by atoms with E-state index < -0.39 is 10.0 Å². The van der Waals surface area contributed by atoms with Crippen LogP contribution < -0.4 is 18.9 Å².